The van der Waals surface area contributed by atoms with Crippen molar-refractivity contribution in [3.8, 4) is 0 Å². The van der Waals surface area contributed by atoms with Crippen molar-refractivity contribution in [3.05, 3.63) is 36.4 Å². The zero-order valence-electron chi connectivity index (χ0n) is 5.92. The van der Waals surface area contributed by atoms with Crippen molar-refractivity contribution in [2.45, 2.75) is 0 Å². The number of halogens is 1. The van der Waals surface area contributed by atoms with Crippen LogP contribution in [0.1, 0.15) is 0 Å². The standard InChI is InChI=1S/C6H5.CH4O.ClH.Zn/c1-2-4-6-5-3-1;1-2;;/h1-5H;2H,1H3;1H;/q-1;;;+2/p-1. The molecule has 0 spiro atoms. The number of hydrogen-bond donors (Lipinski definition) is 1. The van der Waals surface area contributed by atoms with Crippen molar-refractivity contribution in [1.82, 2.24) is 0 Å². The van der Waals surface area contributed by atoms with E-state index in [1.807, 2.05) is 30.3 Å². The van der Waals surface area contributed by atoms with Crippen LogP contribution in [0.25, 0.3) is 0 Å². The van der Waals surface area contributed by atoms with Crippen LogP contribution in [0.5, 0.6) is 0 Å². The normalized spacial score (nSPS) is 6.10. The molecule has 0 aliphatic rings. The molecule has 0 radical (unpaired) electrons. The van der Waals surface area contributed by atoms with Crippen LogP contribution in [-0.4, -0.2) is 12.2 Å². The van der Waals surface area contributed by atoms with Gasteiger partial charge in [-0.2, -0.15) is 36.4 Å². The van der Waals surface area contributed by atoms with E-state index < -0.39 is 0 Å². The Hall–Kier alpha value is 0.0934. The van der Waals surface area contributed by atoms with Gasteiger partial charge in [0.15, 0.2) is 0 Å². The van der Waals surface area contributed by atoms with Gasteiger partial charge in [0.05, 0.1) is 0 Å². The van der Waals surface area contributed by atoms with E-state index in [0.29, 0.717) is 0 Å². The Morgan fingerprint density at radius 2 is 1.50 bits per heavy atom. The fourth-order valence-corrected chi connectivity index (χ4v) is 0.342. The third kappa shape index (κ3) is 11.0. The van der Waals surface area contributed by atoms with E-state index in [4.69, 9.17) is 14.8 Å². The van der Waals surface area contributed by atoms with Crippen molar-refractivity contribution >= 4 is 9.69 Å². The van der Waals surface area contributed by atoms with Gasteiger partial charge in [-0.15, -0.1) is 0 Å². The molecule has 0 saturated heterocycles. The molecule has 1 N–H and O–H groups in total. The van der Waals surface area contributed by atoms with E-state index in [1.165, 1.54) is 0 Å². The summed E-state index contributed by atoms with van der Waals surface area (Å²) >= 11 is 0.847. The molecule has 1 nitrogen and oxygen atoms in total. The van der Waals surface area contributed by atoms with Crippen LogP contribution in [0.4, 0.5) is 0 Å². The Kier molecular flexibility index (Phi) is 20.4. The van der Waals surface area contributed by atoms with Crippen molar-refractivity contribution in [2.24, 2.45) is 0 Å². The molecule has 0 aliphatic heterocycles. The van der Waals surface area contributed by atoms with Crippen LogP contribution in [0, 0.1) is 6.07 Å². The van der Waals surface area contributed by atoms with Crippen molar-refractivity contribution in [2.75, 3.05) is 7.11 Å². The van der Waals surface area contributed by atoms with Gasteiger partial charge in [-0.25, -0.2) is 0 Å². The summed E-state index contributed by atoms with van der Waals surface area (Å²) in [6.45, 7) is 0. The van der Waals surface area contributed by atoms with Gasteiger partial charge in [-0.05, 0) is 0 Å². The number of aliphatic hydroxyl groups excluding tert-OH is 1. The van der Waals surface area contributed by atoms with Crippen molar-refractivity contribution < 1.29 is 22.4 Å². The monoisotopic (exact) mass is 208 g/mol. The minimum Gasteiger partial charge on any atom is -0.184 e. The van der Waals surface area contributed by atoms with Gasteiger partial charge in [-0.1, -0.05) is 0 Å². The van der Waals surface area contributed by atoms with Crippen LogP contribution in [0.3, 0.4) is 0 Å². The molecule has 0 heterocycles. The van der Waals surface area contributed by atoms with Gasteiger partial charge in [0.2, 0.25) is 0 Å². The molecule has 0 fully saturated rings. The Morgan fingerprint density at radius 3 is 1.60 bits per heavy atom. The minimum atomic E-state index is 0.847. The molecule has 3 heteroatoms. The fraction of sp³-hybridized carbons (Fsp3) is 0.143. The SMILES string of the molecule is CO.[Cl][Zn+].[c-]1ccccc1. The quantitative estimate of drug-likeness (QED) is 0.511. The van der Waals surface area contributed by atoms with E-state index in [-0.39, 0.29) is 0 Å². The first-order valence-corrected chi connectivity index (χ1v) is 6.52. The van der Waals surface area contributed by atoms with Crippen LogP contribution in [0.2, 0.25) is 0 Å². The van der Waals surface area contributed by atoms with E-state index in [1.54, 1.807) is 0 Å². The zero-order valence-corrected chi connectivity index (χ0v) is 9.64. The number of hydrogen-bond acceptors (Lipinski definition) is 1. The Morgan fingerprint density at radius 1 is 1.10 bits per heavy atom. The van der Waals surface area contributed by atoms with Gasteiger partial charge in [-0.3, -0.25) is 0 Å². The molecule has 0 unspecified atom stereocenters. The Balaban J connectivity index is 0. The van der Waals surface area contributed by atoms with Crippen LogP contribution >= 0.6 is 9.69 Å². The largest absolute Gasteiger partial charge is 0.184 e. The summed E-state index contributed by atoms with van der Waals surface area (Å²) in [6.07, 6.45) is 0. The molecule has 0 atom stereocenters. The molecule has 1 aromatic carbocycles. The van der Waals surface area contributed by atoms with Gasteiger partial charge in [0.1, 0.15) is 0 Å². The second-order valence-electron chi connectivity index (χ2n) is 1.08. The van der Waals surface area contributed by atoms with E-state index in [0.717, 1.165) is 24.4 Å². The molecule has 0 aromatic heterocycles. The number of aliphatic hydroxyl groups is 1. The first-order chi connectivity index (χ1) is 5.00. The summed E-state index contributed by atoms with van der Waals surface area (Å²) in [5.74, 6) is 0. The molecule has 0 amide bonds. The third-order valence-electron chi connectivity index (χ3n) is 0.607. The topological polar surface area (TPSA) is 20.2 Å². The average Bonchev–Trinajstić information content (AvgIpc) is 2.14. The van der Waals surface area contributed by atoms with Crippen molar-refractivity contribution in [3.63, 3.8) is 0 Å². The average molecular weight is 210 g/mol. The molecular formula is C7H9ClOZn. The van der Waals surface area contributed by atoms with E-state index in [2.05, 4.69) is 6.07 Å². The molecule has 1 aromatic rings. The maximum atomic E-state index is 7.00. The summed E-state index contributed by atoms with van der Waals surface area (Å²) in [5.41, 5.74) is 0. The third-order valence-corrected chi connectivity index (χ3v) is 0.607. The smallest absolute Gasteiger partial charge is 0.171 e. The van der Waals surface area contributed by atoms with Gasteiger partial charge in [0, 0.05) is 7.11 Å². The van der Waals surface area contributed by atoms with Gasteiger partial charge < -0.3 is 5.11 Å². The van der Waals surface area contributed by atoms with Crippen LogP contribution < -0.4 is 0 Å². The first-order valence-electron chi connectivity index (χ1n) is 2.63. The van der Waals surface area contributed by atoms with Crippen LogP contribution in [-0.2, 0) is 17.3 Å². The van der Waals surface area contributed by atoms with Gasteiger partial charge in [0.25, 0.3) is 0 Å². The second-order valence-corrected chi connectivity index (χ2v) is 1.08. The maximum absolute atomic E-state index is 7.00. The predicted octanol–water partition coefficient (Wildman–Crippen LogP) is 1.78. The summed E-state index contributed by atoms with van der Waals surface area (Å²) in [4.78, 5) is 0. The zero-order chi connectivity index (χ0) is 8.24. The Labute approximate surface area is 75.8 Å². The van der Waals surface area contributed by atoms with Crippen molar-refractivity contribution in [1.29, 1.82) is 0 Å². The number of benzene rings is 1. The van der Waals surface area contributed by atoms with Crippen LogP contribution in [0.15, 0.2) is 30.3 Å². The first kappa shape index (κ1) is 12.7. The molecule has 0 saturated carbocycles. The molecule has 10 heavy (non-hydrogen) atoms. The predicted molar refractivity (Wildman–Crippen MR) is 39.3 cm³/mol. The Bertz CT molecular complexity index is 85.5. The minimum absolute atomic E-state index is 0.847. The molecule has 52 valence electrons. The van der Waals surface area contributed by atoms with Gasteiger partial charge >= 0.3 is 27.0 Å². The van der Waals surface area contributed by atoms with E-state index >= 15 is 0 Å². The molecule has 0 bridgehead atoms. The summed E-state index contributed by atoms with van der Waals surface area (Å²) < 4.78 is 0. The summed E-state index contributed by atoms with van der Waals surface area (Å²) in [5, 5.41) is 7.00. The van der Waals surface area contributed by atoms with E-state index in [9.17, 15) is 0 Å². The summed E-state index contributed by atoms with van der Waals surface area (Å²) in [7, 11) is 5.76. The molecular weight excluding hydrogens is 201 g/mol. The number of rotatable bonds is 0. The maximum Gasteiger partial charge on any atom is -0.171 e. The molecule has 1 rings (SSSR count). The second kappa shape index (κ2) is 16.0. The molecule has 0 aliphatic carbocycles. The summed E-state index contributed by atoms with van der Waals surface area (Å²) in [6, 6.07) is 12.5. The fourth-order valence-electron chi connectivity index (χ4n) is 0.342.